The van der Waals surface area contributed by atoms with Crippen LogP contribution in [0.5, 0.6) is 0 Å². The number of nitrogens with zero attached hydrogens (tertiary/aromatic N) is 2. The number of aromatic nitrogens is 1. The SMILES string of the molecule is COCCCNC(=O)C1CCN(C(=O)c2cccnc2Nc2cccc(C(F)(F)F)c2)CC1. The number of piperidine rings is 1. The number of carbonyl (C=O) groups excluding carboxylic acids is 2. The molecule has 2 heterocycles. The van der Waals surface area contributed by atoms with Gasteiger partial charge in [0.05, 0.1) is 11.1 Å². The number of ether oxygens (including phenoxy) is 1. The molecule has 0 radical (unpaired) electrons. The van der Waals surface area contributed by atoms with E-state index in [0.29, 0.717) is 39.1 Å². The summed E-state index contributed by atoms with van der Waals surface area (Å²) in [5.74, 6) is -0.281. The molecule has 10 heteroatoms. The van der Waals surface area contributed by atoms with Crippen molar-refractivity contribution in [2.45, 2.75) is 25.4 Å². The second-order valence-corrected chi connectivity index (χ2v) is 7.81. The second kappa shape index (κ2) is 11.1. The first kappa shape index (κ1) is 24.5. The maximum Gasteiger partial charge on any atom is 0.416 e. The van der Waals surface area contributed by atoms with Gasteiger partial charge in [-0.1, -0.05) is 6.07 Å². The number of benzene rings is 1. The molecule has 1 aliphatic heterocycles. The minimum Gasteiger partial charge on any atom is -0.385 e. The molecule has 1 aromatic carbocycles. The van der Waals surface area contributed by atoms with Crippen molar-refractivity contribution in [1.82, 2.24) is 15.2 Å². The summed E-state index contributed by atoms with van der Waals surface area (Å²) in [4.78, 5) is 31.2. The van der Waals surface area contributed by atoms with Gasteiger partial charge >= 0.3 is 6.18 Å². The van der Waals surface area contributed by atoms with Crippen molar-refractivity contribution in [1.29, 1.82) is 0 Å². The van der Waals surface area contributed by atoms with Crippen molar-refractivity contribution in [3.63, 3.8) is 0 Å². The Morgan fingerprint density at radius 1 is 1.18 bits per heavy atom. The van der Waals surface area contributed by atoms with Gasteiger partial charge in [0.1, 0.15) is 5.82 Å². The largest absolute Gasteiger partial charge is 0.416 e. The number of anilines is 2. The molecule has 0 atom stereocenters. The molecule has 1 aromatic heterocycles. The number of pyridine rings is 1. The van der Waals surface area contributed by atoms with Gasteiger partial charge in [0.2, 0.25) is 5.91 Å². The molecule has 178 valence electrons. The number of rotatable bonds is 8. The highest BCUT2D eigenvalue weighted by atomic mass is 19.4. The summed E-state index contributed by atoms with van der Waals surface area (Å²) in [6.07, 6.45) is -1.19. The highest BCUT2D eigenvalue weighted by molar-refractivity contribution is 5.99. The first-order chi connectivity index (χ1) is 15.8. The normalized spacial score (nSPS) is 14.7. The highest BCUT2D eigenvalue weighted by Gasteiger charge is 2.31. The number of hydrogen-bond acceptors (Lipinski definition) is 5. The average molecular weight is 464 g/mol. The number of hydrogen-bond donors (Lipinski definition) is 2. The lowest BCUT2D eigenvalue weighted by molar-refractivity contribution is -0.137. The predicted octanol–water partition coefficient (Wildman–Crippen LogP) is 3.85. The molecular weight excluding hydrogens is 437 g/mol. The molecule has 0 unspecified atom stereocenters. The number of alkyl halides is 3. The Hall–Kier alpha value is -3.14. The summed E-state index contributed by atoms with van der Waals surface area (Å²) in [6.45, 7) is 1.95. The number of likely N-dealkylation sites (tertiary alicyclic amines) is 1. The summed E-state index contributed by atoms with van der Waals surface area (Å²) in [6, 6.07) is 7.91. The van der Waals surface area contributed by atoms with E-state index in [1.165, 1.54) is 18.3 Å². The van der Waals surface area contributed by atoms with Crippen molar-refractivity contribution in [3.8, 4) is 0 Å². The Labute approximate surface area is 190 Å². The molecule has 2 N–H and O–H groups in total. The number of methoxy groups -OCH3 is 1. The molecular formula is C23H27F3N4O3. The highest BCUT2D eigenvalue weighted by Crippen LogP contribution is 2.32. The molecule has 1 saturated heterocycles. The van der Waals surface area contributed by atoms with Crippen LogP contribution in [0.15, 0.2) is 42.6 Å². The van der Waals surface area contributed by atoms with Crippen LogP contribution in [0.2, 0.25) is 0 Å². The quantitative estimate of drug-likeness (QED) is 0.580. The molecule has 0 bridgehead atoms. The second-order valence-electron chi connectivity index (χ2n) is 7.81. The van der Waals surface area contributed by atoms with Gasteiger partial charge in [-0.25, -0.2) is 4.98 Å². The van der Waals surface area contributed by atoms with E-state index in [2.05, 4.69) is 15.6 Å². The van der Waals surface area contributed by atoms with Crippen LogP contribution in [0.4, 0.5) is 24.7 Å². The molecule has 7 nitrogen and oxygen atoms in total. The fraction of sp³-hybridized carbons (Fsp3) is 0.435. The molecule has 1 aliphatic rings. The first-order valence-corrected chi connectivity index (χ1v) is 10.7. The average Bonchev–Trinajstić information content (AvgIpc) is 2.81. The zero-order chi connectivity index (χ0) is 23.8. The van der Waals surface area contributed by atoms with Crippen LogP contribution >= 0.6 is 0 Å². The number of halogens is 3. The molecule has 2 aromatic rings. The Morgan fingerprint density at radius 2 is 1.94 bits per heavy atom. The maximum absolute atomic E-state index is 13.1. The maximum atomic E-state index is 13.1. The zero-order valence-corrected chi connectivity index (χ0v) is 18.3. The fourth-order valence-corrected chi connectivity index (χ4v) is 3.68. The lowest BCUT2D eigenvalue weighted by atomic mass is 9.95. The number of carbonyl (C=O) groups is 2. The summed E-state index contributed by atoms with van der Waals surface area (Å²) in [7, 11) is 1.61. The molecule has 33 heavy (non-hydrogen) atoms. The van der Waals surface area contributed by atoms with E-state index in [1.807, 2.05) is 0 Å². The lowest BCUT2D eigenvalue weighted by Crippen LogP contribution is -2.43. The Morgan fingerprint density at radius 3 is 2.64 bits per heavy atom. The topological polar surface area (TPSA) is 83.6 Å². The van der Waals surface area contributed by atoms with E-state index in [1.54, 1.807) is 24.1 Å². The lowest BCUT2D eigenvalue weighted by Gasteiger charge is -2.31. The molecule has 0 spiro atoms. The monoisotopic (exact) mass is 464 g/mol. The van der Waals surface area contributed by atoms with E-state index in [9.17, 15) is 22.8 Å². The molecule has 0 saturated carbocycles. The van der Waals surface area contributed by atoms with E-state index in [-0.39, 0.29) is 34.8 Å². The van der Waals surface area contributed by atoms with Crippen LogP contribution in [0.1, 0.15) is 35.2 Å². The minimum absolute atomic E-state index is 0.0218. The summed E-state index contributed by atoms with van der Waals surface area (Å²) < 4.78 is 44.0. The van der Waals surface area contributed by atoms with Crippen molar-refractivity contribution >= 4 is 23.3 Å². The Kier molecular flexibility index (Phi) is 8.26. The van der Waals surface area contributed by atoms with Crippen molar-refractivity contribution in [2.24, 2.45) is 5.92 Å². The molecule has 2 amide bonds. The van der Waals surface area contributed by atoms with Gasteiger partial charge in [0, 0.05) is 51.2 Å². The van der Waals surface area contributed by atoms with Crippen LogP contribution in [0.25, 0.3) is 0 Å². The van der Waals surface area contributed by atoms with Gasteiger partial charge in [-0.05, 0) is 49.6 Å². The third-order valence-corrected chi connectivity index (χ3v) is 5.47. The third kappa shape index (κ3) is 6.67. The standard InChI is InChI=1S/C23H27F3N4O3/c1-33-14-4-11-28-21(31)16-8-12-30(13-9-16)22(32)19-7-3-10-27-20(19)29-18-6-2-5-17(15-18)23(24,25)26/h2-3,5-7,10,15-16H,4,8-9,11-14H2,1H3,(H,27,29)(H,28,31). The summed E-state index contributed by atoms with van der Waals surface area (Å²) in [5.41, 5.74) is -0.349. The van der Waals surface area contributed by atoms with Crippen LogP contribution in [-0.2, 0) is 15.7 Å². The summed E-state index contributed by atoms with van der Waals surface area (Å²) in [5, 5.41) is 5.72. The van der Waals surface area contributed by atoms with Crippen LogP contribution in [0, 0.1) is 5.92 Å². The van der Waals surface area contributed by atoms with Gasteiger partial charge < -0.3 is 20.3 Å². The van der Waals surface area contributed by atoms with Gasteiger partial charge in [0.25, 0.3) is 5.91 Å². The van der Waals surface area contributed by atoms with Gasteiger partial charge in [0.15, 0.2) is 0 Å². The zero-order valence-electron chi connectivity index (χ0n) is 18.3. The van der Waals surface area contributed by atoms with Gasteiger partial charge in [-0.2, -0.15) is 13.2 Å². The predicted molar refractivity (Wildman–Crippen MR) is 117 cm³/mol. The fourth-order valence-electron chi connectivity index (χ4n) is 3.68. The first-order valence-electron chi connectivity index (χ1n) is 10.7. The van der Waals surface area contributed by atoms with E-state index >= 15 is 0 Å². The van der Waals surface area contributed by atoms with Crippen LogP contribution < -0.4 is 10.6 Å². The Balaban J connectivity index is 1.62. The molecule has 1 fully saturated rings. The van der Waals surface area contributed by atoms with Crippen molar-refractivity contribution in [2.75, 3.05) is 38.7 Å². The van der Waals surface area contributed by atoms with Gasteiger partial charge in [-0.15, -0.1) is 0 Å². The Bertz CT molecular complexity index is 960. The van der Waals surface area contributed by atoms with Crippen molar-refractivity contribution in [3.05, 3.63) is 53.7 Å². The van der Waals surface area contributed by atoms with Crippen LogP contribution in [-0.4, -0.2) is 55.0 Å². The van der Waals surface area contributed by atoms with E-state index < -0.39 is 11.7 Å². The summed E-state index contributed by atoms with van der Waals surface area (Å²) >= 11 is 0. The van der Waals surface area contributed by atoms with E-state index in [0.717, 1.165) is 18.6 Å². The minimum atomic E-state index is -4.47. The van der Waals surface area contributed by atoms with Crippen LogP contribution in [0.3, 0.4) is 0 Å². The third-order valence-electron chi connectivity index (χ3n) is 5.47. The molecule has 0 aliphatic carbocycles. The molecule has 3 rings (SSSR count). The van der Waals surface area contributed by atoms with E-state index in [4.69, 9.17) is 4.74 Å². The number of nitrogens with one attached hydrogen (secondary N) is 2. The van der Waals surface area contributed by atoms with Gasteiger partial charge in [-0.3, -0.25) is 9.59 Å². The van der Waals surface area contributed by atoms with Crippen molar-refractivity contribution < 1.29 is 27.5 Å². The smallest absolute Gasteiger partial charge is 0.385 e. The number of amides is 2.